The van der Waals surface area contributed by atoms with Gasteiger partial charge in [-0.25, -0.2) is 0 Å². The second-order valence-corrected chi connectivity index (χ2v) is 3.89. The van der Waals surface area contributed by atoms with E-state index in [9.17, 15) is 4.79 Å². The van der Waals surface area contributed by atoms with Crippen molar-refractivity contribution in [3.8, 4) is 0 Å². The second-order valence-electron chi connectivity index (χ2n) is 3.89. The Hall–Kier alpha value is -0.570. The zero-order valence-corrected chi connectivity index (χ0v) is 8.79. The summed E-state index contributed by atoms with van der Waals surface area (Å²) in [6, 6.07) is -0.209. The Bertz CT molecular complexity index is 159. The number of hydrogen-bond acceptors (Lipinski definition) is 2. The van der Waals surface area contributed by atoms with Crippen LogP contribution in [0.1, 0.15) is 40.0 Å². The molecule has 0 rings (SSSR count). The monoisotopic (exact) mass is 187 g/mol. The molecule has 0 aliphatic carbocycles. The first-order valence-corrected chi connectivity index (χ1v) is 4.96. The lowest BCUT2D eigenvalue weighted by atomic mass is 9.85. The number of carboxylic acid groups (broad SMARTS) is 1. The summed E-state index contributed by atoms with van der Waals surface area (Å²) in [4.78, 5) is 10.4. The maximum atomic E-state index is 10.4. The number of carboxylic acids is 1. The van der Waals surface area contributed by atoms with Crippen molar-refractivity contribution in [2.75, 3.05) is 0 Å². The van der Waals surface area contributed by atoms with E-state index in [0.717, 1.165) is 12.8 Å². The zero-order chi connectivity index (χ0) is 10.4. The first-order valence-electron chi connectivity index (χ1n) is 4.96. The molecule has 3 nitrogen and oxygen atoms in total. The highest BCUT2D eigenvalue weighted by Gasteiger charge is 2.20. The predicted octanol–water partition coefficient (Wildman–Crippen LogP) is 1.86. The Kier molecular flexibility index (Phi) is 5.71. The Morgan fingerprint density at radius 2 is 2.00 bits per heavy atom. The summed E-state index contributed by atoms with van der Waals surface area (Å²) < 4.78 is 0. The minimum absolute atomic E-state index is 0.0786. The lowest BCUT2D eigenvalue weighted by molar-refractivity contribution is -0.137. The molecule has 0 saturated heterocycles. The summed E-state index contributed by atoms with van der Waals surface area (Å²) in [5.74, 6) is -0.00144. The summed E-state index contributed by atoms with van der Waals surface area (Å²) in [5.41, 5.74) is 5.77. The normalized spacial score (nSPS) is 17.8. The van der Waals surface area contributed by atoms with Crippen molar-refractivity contribution in [1.29, 1.82) is 0 Å². The van der Waals surface area contributed by atoms with E-state index in [1.807, 2.05) is 6.92 Å². The minimum Gasteiger partial charge on any atom is -0.481 e. The van der Waals surface area contributed by atoms with Crippen LogP contribution in [0, 0.1) is 11.8 Å². The lowest BCUT2D eigenvalue weighted by Gasteiger charge is -2.24. The van der Waals surface area contributed by atoms with Gasteiger partial charge in [-0.05, 0) is 11.8 Å². The standard InChI is InChI=1S/C10H21NO2/c1-4-5-7(2)8(3)9(11)6-10(12)13/h7-9H,4-6,11H2,1-3H3,(H,12,13)/t7-,8+,9+/m0/s1. The number of hydrogen-bond donors (Lipinski definition) is 2. The van der Waals surface area contributed by atoms with E-state index >= 15 is 0 Å². The fraction of sp³-hybridized carbons (Fsp3) is 0.900. The van der Waals surface area contributed by atoms with Gasteiger partial charge < -0.3 is 10.8 Å². The van der Waals surface area contributed by atoms with Crippen LogP contribution < -0.4 is 5.73 Å². The van der Waals surface area contributed by atoms with Gasteiger partial charge in [0.05, 0.1) is 6.42 Å². The molecule has 0 unspecified atom stereocenters. The van der Waals surface area contributed by atoms with Crippen LogP contribution in [0.15, 0.2) is 0 Å². The molecule has 0 aliphatic heterocycles. The highest BCUT2D eigenvalue weighted by molar-refractivity contribution is 5.67. The zero-order valence-electron chi connectivity index (χ0n) is 8.79. The molecule has 0 aromatic rings. The van der Waals surface area contributed by atoms with Gasteiger partial charge in [-0.2, -0.15) is 0 Å². The van der Waals surface area contributed by atoms with Crippen LogP contribution in [0.3, 0.4) is 0 Å². The van der Waals surface area contributed by atoms with Gasteiger partial charge in [-0.15, -0.1) is 0 Å². The summed E-state index contributed by atoms with van der Waals surface area (Å²) in [7, 11) is 0. The summed E-state index contributed by atoms with van der Waals surface area (Å²) in [5, 5.41) is 8.56. The number of carbonyl (C=O) groups is 1. The molecule has 3 atom stereocenters. The van der Waals surface area contributed by atoms with Gasteiger partial charge in [0.15, 0.2) is 0 Å². The third kappa shape index (κ3) is 4.88. The van der Waals surface area contributed by atoms with Crippen LogP contribution in [0.25, 0.3) is 0 Å². The first-order chi connectivity index (χ1) is 5.99. The fourth-order valence-corrected chi connectivity index (χ4v) is 1.53. The van der Waals surface area contributed by atoms with Gasteiger partial charge in [-0.3, -0.25) is 4.79 Å². The fourth-order valence-electron chi connectivity index (χ4n) is 1.53. The topological polar surface area (TPSA) is 63.3 Å². The first kappa shape index (κ1) is 12.4. The largest absolute Gasteiger partial charge is 0.481 e. The van der Waals surface area contributed by atoms with Crippen molar-refractivity contribution in [3.63, 3.8) is 0 Å². The minimum atomic E-state index is -0.803. The molecular weight excluding hydrogens is 166 g/mol. The Morgan fingerprint density at radius 1 is 1.46 bits per heavy atom. The van der Waals surface area contributed by atoms with E-state index in [1.54, 1.807) is 0 Å². The summed E-state index contributed by atoms with van der Waals surface area (Å²) in [6.45, 7) is 6.30. The van der Waals surface area contributed by atoms with Crippen molar-refractivity contribution < 1.29 is 9.90 Å². The Morgan fingerprint density at radius 3 is 2.38 bits per heavy atom. The molecule has 3 N–H and O–H groups in total. The molecule has 0 saturated carbocycles. The molecule has 78 valence electrons. The van der Waals surface area contributed by atoms with Crippen molar-refractivity contribution >= 4 is 5.97 Å². The molecule has 0 spiro atoms. The summed E-state index contributed by atoms with van der Waals surface area (Å²) in [6.07, 6.45) is 2.33. The SMILES string of the molecule is CCC[C@H](C)[C@@H](C)[C@H](N)CC(=O)O. The van der Waals surface area contributed by atoms with Crippen LogP contribution in [0.4, 0.5) is 0 Å². The average molecular weight is 187 g/mol. The van der Waals surface area contributed by atoms with Crippen molar-refractivity contribution in [1.82, 2.24) is 0 Å². The quantitative estimate of drug-likeness (QED) is 0.667. The second kappa shape index (κ2) is 5.97. The number of aliphatic carboxylic acids is 1. The number of rotatable bonds is 6. The highest BCUT2D eigenvalue weighted by atomic mass is 16.4. The molecule has 0 aromatic heterocycles. The Labute approximate surface area is 80.3 Å². The maximum Gasteiger partial charge on any atom is 0.304 e. The van der Waals surface area contributed by atoms with Gasteiger partial charge in [0.25, 0.3) is 0 Å². The molecule has 3 heteroatoms. The van der Waals surface area contributed by atoms with E-state index < -0.39 is 5.97 Å². The molecule has 0 aliphatic rings. The van der Waals surface area contributed by atoms with Crippen LogP contribution in [-0.2, 0) is 4.79 Å². The van der Waals surface area contributed by atoms with Crippen LogP contribution in [0.5, 0.6) is 0 Å². The van der Waals surface area contributed by atoms with E-state index in [1.165, 1.54) is 0 Å². The highest BCUT2D eigenvalue weighted by Crippen LogP contribution is 2.20. The van der Waals surface area contributed by atoms with Crippen molar-refractivity contribution in [3.05, 3.63) is 0 Å². The van der Waals surface area contributed by atoms with Crippen LogP contribution >= 0.6 is 0 Å². The molecule has 0 aromatic carbocycles. The maximum absolute atomic E-state index is 10.4. The molecule has 13 heavy (non-hydrogen) atoms. The van der Waals surface area contributed by atoms with E-state index in [-0.39, 0.29) is 18.4 Å². The Balaban J connectivity index is 3.92. The molecule has 0 radical (unpaired) electrons. The number of nitrogens with two attached hydrogens (primary N) is 1. The molecule has 0 amide bonds. The van der Waals surface area contributed by atoms with Gasteiger partial charge in [0.1, 0.15) is 0 Å². The van der Waals surface area contributed by atoms with Gasteiger partial charge >= 0.3 is 5.97 Å². The third-order valence-corrected chi connectivity index (χ3v) is 2.73. The van der Waals surface area contributed by atoms with Gasteiger partial charge in [0.2, 0.25) is 0 Å². The smallest absolute Gasteiger partial charge is 0.304 e. The van der Waals surface area contributed by atoms with Crippen LogP contribution in [-0.4, -0.2) is 17.1 Å². The molecule has 0 heterocycles. The van der Waals surface area contributed by atoms with Gasteiger partial charge in [0, 0.05) is 6.04 Å². The predicted molar refractivity (Wildman–Crippen MR) is 53.5 cm³/mol. The summed E-state index contributed by atoms with van der Waals surface area (Å²) >= 11 is 0. The van der Waals surface area contributed by atoms with E-state index in [0.29, 0.717) is 5.92 Å². The average Bonchev–Trinajstić information content (AvgIpc) is 2.02. The van der Waals surface area contributed by atoms with E-state index in [2.05, 4.69) is 13.8 Å². The van der Waals surface area contributed by atoms with E-state index in [4.69, 9.17) is 10.8 Å². The molecule has 0 fully saturated rings. The molecule has 0 bridgehead atoms. The van der Waals surface area contributed by atoms with Gasteiger partial charge in [-0.1, -0.05) is 33.6 Å². The van der Waals surface area contributed by atoms with Crippen LogP contribution in [0.2, 0.25) is 0 Å². The molecular formula is C10H21NO2. The third-order valence-electron chi connectivity index (χ3n) is 2.73. The lowest BCUT2D eigenvalue weighted by Crippen LogP contribution is -2.34. The van der Waals surface area contributed by atoms with Crippen molar-refractivity contribution in [2.24, 2.45) is 17.6 Å². The van der Waals surface area contributed by atoms with Crippen molar-refractivity contribution in [2.45, 2.75) is 46.1 Å².